The number of nitrogens with zero attached hydrogens (tertiary/aromatic N) is 3. The summed E-state index contributed by atoms with van der Waals surface area (Å²) in [6.07, 6.45) is 5.48. The van der Waals surface area contributed by atoms with E-state index in [0.717, 1.165) is 31.7 Å². The van der Waals surface area contributed by atoms with Gasteiger partial charge in [0, 0.05) is 25.3 Å². The van der Waals surface area contributed by atoms with Crippen LogP contribution in [-0.2, 0) is 0 Å². The van der Waals surface area contributed by atoms with Crippen molar-refractivity contribution in [2.45, 2.75) is 18.9 Å². The number of nitrogens with two attached hydrogens (primary N) is 1. The van der Waals surface area contributed by atoms with E-state index in [1.807, 2.05) is 6.07 Å². The van der Waals surface area contributed by atoms with Crippen LogP contribution in [0.1, 0.15) is 12.8 Å². The van der Waals surface area contributed by atoms with E-state index in [-0.39, 0.29) is 24.8 Å². The summed E-state index contributed by atoms with van der Waals surface area (Å²) in [6.45, 7) is 2.02. The maximum atomic E-state index is 5.82. The van der Waals surface area contributed by atoms with E-state index in [9.17, 15) is 0 Å². The number of hydrogen-bond donors (Lipinski definition) is 1. The van der Waals surface area contributed by atoms with Gasteiger partial charge in [-0.15, -0.1) is 24.8 Å². The molecule has 0 unspecified atom stereocenters. The summed E-state index contributed by atoms with van der Waals surface area (Å²) < 4.78 is 0. The molecule has 2 heterocycles. The molecule has 1 saturated heterocycles. The molecule has 1 aromatic heterocycles. The van der Waals surface area contributed by atoms with E-state index < -0.39 is 0 Å². The first-order valence-electron chi connectivity index (χ1n) is 4.63. The van der Waals surface area contributed by atoms with Crippen molar-refractivity contribution in [1.29, 1.82) is 0 Å². The lowest BCUT2D eigenvalue weighted by molar-refractivity contribution is 0.498. The normalized spacial score (nSPS) is 16.5. The lowest BCUT2D eigenvalue weighted by Crippen LogP contribution is -2.40. The Balaban J connectivity index is 0.000000980. The Morgan fingerprint density at radius 3 is 2.47 bits per heavy atom. The van der Waals surface area contributed by atoms with Crippen LogP contribution in [0, 0.1) is 0 Å². The van der Waals surface area contributed by atoms with E-state index >= 15 is 0 Å². The number of rotatable bonds is 1. The van der Waals surface area contributed by atoms with E-state index in [0.29, 0.717) is 6.04 Å². The van der Waals surface area contributed by atoms with Gasteiger partial charge in [0.1, 0.15) is 12.1 Å². The van der Waals surface area contributed by atoms with Crippen molar-refractivity contribution in [3.05, 3.63) is 18.6 Å². The lowest BCUT2D eigenvalue weighted by atomic mass is 10.1. The van der Waals surface area contributed by atoms with Gasteiger partial charge in [0.05, 0.1) is 0 Å². The average molecular weight is 251 g/mol. The summed E-state index contributed by atoms with van der Waals surface area (Å²) in [5, 5.41) is 0. The van der Waals surface area contributed by atoms with Crippen LogP contribution in [0.5, 0.6) is 0 Å². The standard InChI is InChI=1S/C9H14N4.2ClH/c10-8-2-5-13(6-3-8)9-1-4-11-7-12-9;;/h1,4,7-8H,2-3,5-6,10H2;2*1H. The Bertz CT molecular complexity index is 262. The van der Waals surface area contributed by atoms with Crippen LogP contribution < -0.4 is 10.6 Å². The van der Waals surface area contributed by atoms with Gasteiger partial charge >= 0.3 is 0 Å². The maximum absolute atomic E-state index is 5.82. The zero-order valence-electron chi connectivity index (χ0n) is 8.37. The fourth-order valence-electron chi connectivity index (χ4n) is 1.60. The Kier molecular flexibility index (Phi) is 6.56. The first kappa shape index (κ1) is 14.4. The highest BCUT2D eigenvalue weighted by molar-refractivity contribution is 5.85. The van der Waals surface area contributed by atoms with Gasteiger partial charge in [0.2, 0.25) is 0 Å². The third-order valence-electron chi connectivity index (χ3n) is 2.43. The zero-order valence-corrected chi connectivity index (χ0v) is 10.0. The molecule has 15 heavy (non-hydrogen) atoms. The number of anilines is 1. The van der Waals surface area contributed by atoms with Crippen molar-refractivity contribution < 1.29 is 0 Å². The highest BCUT2D eigenvalue weighted by Crippen LogP contribution is 2.15. The molecule has 6 heteroatoms. The van der Waals surface area contributed by atoms with Crippen LogP contribution in [0.4, 0.5) is 5.82 Å². The molecule has 1 aliphatic rings. The second-order valence-corrected chi connectivity index (χ2v) is 3.39. The summed E-state index contributed by atoms with van der Waals surface area (Å²) in [6, 6.07) is 2.31. The molecule has 0 amide bonds. The maximum Gasteiger partial charge on any atom is 0.131 e. The van der Waals surface area contributed by atoms with Gasteiger partial charge in [-0.25, -0.2) is 9.97 Å². The van der Waals surface area contributed by atoms with Gasteiger partial charge in [-0.1, -0.05) is 0 Å². The van der Waals surface area contributed by atoms with Gasteiger partial charge in [-0.2, -0.15) is 0 Å². The van der Waals surface area contributed by atoms with Crippen LogP contribution in [0.25, 0.3) is 0 Å². The van der Waals surface area contributed by atoms with Crippen LogP contribution in [-0.4, -0.2) is 29.1 Å². The molecule has 0 spiro atoms. The number of piperidine rings is 1. The third-order valence-corrected chi connectivity index (χ3v) is 2.43. The molecule has 2 rings (SSSR count). The topological polar surface area (TPSA) is 55.0 Å². The smallest absolute Gasteiger partial charge is 0.131 e. The van der Waals surface area contributed by atoms with Crippen molar-refractivity contribution >= 4 is 30.6 Å². The van der Waals surface area contributed by atoms with Crippen molar-refractivity contribution in [2.24, 2.45) is 5.73 Å². The van der Waals surface area contributed by atoms with Gasteiger partial charge in [0.25, 0.3) is 0 Å². The SMILES string of the molecule is Cl.Cl.NC1CCN(c2ccncn2)CC1. The second kappa shape index (κ2) is 6.82. The summed E-state index contributed by atoms with van der Waals surface area (Å²) in [7, 11) is 0. The van der Waals surface area contributed by atoms with Gasteiger partial charge in [0.15, 0.2) is 0 Å². The molecule has 0 atom stereocenters. The molecule has 86 valence electrons. The first-order chi connectivity index (χ1) is 6.36. The van der Waals surface area contributed by atoms with Crippen molar-refractivity contribution in [1.82, 2.24) is 9.97 Å². The first-order valence-corrected chi connectivity index (χ1v) is 4.63. The lowest BCUT2D eigenvalue weighted by Gasteiger charge is -2.30. The van der Waals surface area contributed by atoms with E-state index in [2.05, 4.69) is 14.9 Å². The van der Waals surface area contributed by atoms with Gasteiger partial charge in [-0.05, 0) is 18.9 Å². The minimum absolute atomic E-state index is 0. The fourth-order valence-corrected chi connectivity index (χ4v) is 1.60. The molecule has 0 aliphatic carbocycles. The molecule has 1 aliphatic heterocycles. The predicted molar refractivity (Wildman–Crippen MR) is 66.0 cm³/mol. The average Bonchev–Trinajstić information content (AvgIpc) is 2.20. The minimum atomic E-state index is 0. The fraction of sp³-hybridized carbons (Fsp3) is 0.556. The van der Waals surface area contributed by atoms with Crippen molar-refractivity contribution in [2.75, 3.05) is 18.0 Å². The Labute approximate surface area is 102 Å². The molecule has 4 nitrogen and oxygen atoms in total. The predicted octanol–water partition coefficient (Wildman–Crippen LogP) is 1.25. The molecular weight excluding hydrogens is 235 g/mol. The highest BCUT2D eigenvalue weighted by Gasteiger charge is 2.16. The van der Waals surface area contributed by atoms with Crippen LogP contribution >= 0.6 is 24.8 Å². The van der Waals surface area contributed by atoms with E-state index in [1.165, 1.54) is 0 Å². The zero-order chi connectivity index (χ0) is 9.10. The number of halogens is 2. The van der Waals surface area contributed by atoms with E-state index in [1.54, 1.807) is 12.5 Å². The molecule has 2 N–H and O–H groups in total. The van der Waals surface area contributed by atoms with E-state index in [4.69, 9.17) is 5.73 Å². The summed E-state index contributed by atoms with van der Waals surface area (Å²) >= 11 is 0. The molecule has 0 aromatic carbocycles. The third kappa shape index (κ3) is 3.81. The Hall–Kier alpha value is -0.580. The Morgan fingerprint density at radius 2 is 1.93 bits per heavy atom. The van der Waals surface area contributed by atoms with Gasteiger partial charge < -0.3 is 10.6 Å². The monoisotopic (exact) mass is 250 g/mol. The molecule has 1 fully saturated rings. The summed E-state index contributed by atoms with van der Waals surface area (Å²) in [5.74, 6) is 1.02. The molecule has 0 saturated carbocycles. The molecule has 1 aromatic rings. The van der Waals surface area contributed by atoms with Crippen molar-refractivity contribution in [3.63, 3.8) is 0 Å². The Morgan fingerprint density at radius 1 is 1.27 bits per heavy atom. The minimum Gasteiger partial charge on any atom is -0.356 e. The second-order valence-electron chi connectivity index (χ2n) is 3.39. The molecule has 0 radical (unpaired) electrons. The van der Waals surface area contributed by atoms with Crippen molar-refractivity contribution in [3.8, 4) is 0 Å². The summed E-state index contributed by atoms with van der Waals surface area (Å²) in [4.78, 5) is 10.3. The number of hydrogen-bond acceptors (Lipinski definition) is 4. The summed E-state index contributed by atoms with van der Waals surface area (Å²) in [5.41, 5.74) is 5.82. The largest absolute Gasteiger partial charge is 0.356 e. The molecular formula is C9H16Cl2N4. The highest BCUT2D eigenvalue weighted by atomic mass is 35.5. The van der Waals surface area contributed by atoms with Crippen LogP contribution in [0.15, 0.2) is 18.6 Å². The molecule has 0 bridgehead atoms. The van der Waals surface area contributed by atoms with Crippen LogP contribution in [0.2, 0.25) is 0 Å². The van der Waals surface area contributed by atoms with Crippen LogP contribution in [0.3, 0.4) is 0 Å². The quantitative estimate of drug-likeness (QED) is 0.816. The van der Waals surface area contributed by atoms with Gasteiger partial charge in [-0.3, -0.25) is 0 Å². The number of aromatic nitrogens is 2.